The van der Waals surface area contributed by atoms with Crippen LogP contribution in [0.2, 0.25) is 0 Å². The fourth-order valence-corrected chi connectivity index (χ4v) is 1.94. The van der Waals surface area contributed by atoms with Crippen LogP contribution in [-0.2, 0) is 16.0 Å². The highest BCUT2D eigenvalue weighted by Crippen LogP contribution is 2.05. The van der Waals surface area contributed by atoms with Crippen molar-refractivity contribution in [2.24, 2.45) is 5.73 Å². The van der Waals surface area contributed by atoms with Crippen LogP contribution in [0.15, 0.2) is 22.8 Å². The number of unbranched alkanes of at least 4 members (excludes halogenated alkanes) is 1. The molecule has 1 aromatic rings. The number of carboxylic acids is 2. The zero-order valence-corrected chi connectivity index (χ0v) is 12.5. The summed E-state index contributed by atoms with van der Waals surface area (Å²) >= 11 is 0. The molecule has 0 radical (unpaired) electrons. The fraction of sp³-hybridized carbons (Fsp3) is 0.500. The van der Waals surface area contributed by atoms with Crippen LogP contribution in [0.5, 0.6) is 0 Å². The molecule has 0 aliphatic heterocycles. The lowest BCUT2D eigenvalue weighted by Gasteiger charge is -2.18. The highest BCUT2D eigenvalue weighted by molar-refractivity contribution is 5.86. The SMILES string of the molecule is NCCCCC(NC(=O)NC(Cc1ccco1)C(=O)O)C(=O)O. The van der Waals surface area contributed by atoms with Crippen molar-refractivity contribution in [2.45, 2.75) is 37.8 Å². The van der Waals surface area contributed by atoms with E-state index in [1.807, 2.05) is 0 Å². The van der Waals surface area contributed by atoms with Crippen LogP contribution < -0.4 is 16.4 Å². The van der Waals surface area contributed by atoms with Crippen molar-refractivity contribution in [3.05, 3.63) is 24.2 Å². The number of carboxylic acid groups (broad SMARTS) is 2. The molecule has 1 aromatic heterocycles. The summed E-state index contributed by atoms with van der Waals surface area (Å²) in [5.41, 5.74) is 5.33. The van der Waals surface area contributed by atoms with Crippen molar-refractivity contribution >= 4 is 18.0 Å². The van der Waals surface area contributed by atoms with Gasteiger partial charge in [-0.3, -0.25) is 0 Å². The van der Waals surface area contributed by atoms with E-state index in [0.29, 0.717) is 25.1 Å². The lowest BCUT2D eigenvalue weighted by Crippen LogP contribution is -2.51. The van der Waals surface area contributed by atoms with Crippen LogP contribution in [-0.4, -0.2) is 46.8 Å². The molecule has 1 heterocycles. The topological polar surface area (TPSA) is 155 Å². The first-order chi connectivity index (χ1) is 10.9. The maximum absolute atomic E-state index is 11.8. The molecule has 0 aliphatic rings. The Labute approximate surface area is 132 Å². The average molecular weight is 327 g/mol. The highest BCUT2D eigenvalue weighted by atomic mass is 16.4. The van der Waals surface area contributed by atoms with E-state index in [1.165, 1.54) is 6.26 Å². The molecule has 1 rings (SSSR count). The first-order valence-electron chi connectivity index (χ1n) is 7.19. The van der Waals surface area contributed by atoms with Gasteiger partial charge in [0.25, 0.3) is 0 Å². The molecular formula is C14H21N3O6. The van der Waals surface area contributed by atoms with E-state index in [2.05, 4.69) is 10.6 Å². The molecule has 128 valence electrons. The number of amides is 2. The predicted octanol–water partition coefficient (Wildman–Crippen LogP) is 0.157. The maximum Gasteiger partial charge on any atom is 0.326 e. The molecule has 0 saturated carbocycles. The molecule has 0 saturated heterocycles. The van der Waals surface area contributed by atoms with Crippen molar-refractivity contribution in [1.82, 2.24) is 10.6 Å². The maximum atomic E-state index is 11.8. The second-order valence-electron chi connectivity index (χ2n) is 4.97. The normalized spacial score (nSPS) is 13.1. The zero-order chi connectivity index (χ0) is 17.2. The van der Waals surface area contributed by atoms with Crippen LogP contribution >= 0.6 is 0 Å². The second-order valence-corrected chi connectivity index (χ2v) is 4.97. The van der Waals surface area contributed by atoms with Gasteiger partial charge >= 0.3 is 18.0 Å². The molecule has 6 N–H and O–H groups in total. The minimum absolute atomic E-state index is 0.0410. The van der Waals surface area contributed by atoms with Crippen molar-refractivity contribution in [3.8, 4) is 0 Å². The molecule has 0 aliphatic carbocycles. The van der Waals surface area contributed by atoms with Crippen molar-refractivity contribution < 1.29 is 29.0 Å². The lowest BCUT2D eigenvalue weighted by molar-refractivity contribution is -0.139. The minimum atomic E-state index is -1.24. The molecule has 0 aromatic carbocycles. The van der Waals surface area contributed by atoms with Gasteiger partial charge in [-0.25, -0.2) is 14.4 Å². The number of hydrogen-bond donors (Lipinski definition) is 5. The molecule has 9 nitrogen and oxygen atoms in total. The summed E-state index contributed by atoms with van der Waals surface area (Å²) in [6.07, 6.45) is 2.76. The molecule has 0 bridgehead atoms. The third kappa shape index (κ3) is 6.83. The third-order valence-electron chi connectivity index (χ3n) is 3.14. The van der Waals surface area contributed by atoms with E-state index in [0.717, 1.165) is 0 Å². The number of aliphatic carboxylic acids is 2. The van der Waals surface area contributed by atoms with E-state index in [-0.39, 0.29) is 12.8 Å². The number of rotatable bonds is 10. The molecule has 0 spiro atoms. The van der Waals surface area contributed by atoms with Gasteiger partial charge in [-0.15, -0.1) is 0 Å². The molecule has 2 atom stereocenters. The van der Waals surface area contributed by atoms with Crippen LogP contribution in [0.4, 0.5) is 4.79 Å². The van der Waals surface area contributed by atoms with Gasteiger partial charge in [0, 0.05) is 6.42 Å². The van der Waals surface area contributed by atoms with Crippen molar-refractivity contribution in [3.63, 3.8) is 0 Å². The molecule has 2 unspecified atom stereocenters. The van der Waals surface area contributed by atoms with E-state index >= 15 is 0 Å². The summed E-state index contributed by atoms with van der Waals surface area (Å²) in [7, 11) is 0. The van der Waals surface area contributed by atoms with Crippen LogP contribution in [0.25, 0.3) is 0 Å². The van der Waals surface area contributed by atoms with Gasteiger partial charge in [-0.1, -0.05) is 0 Å². The summed E-state index contributed by atoms with van der Waals surface area (Å²) in [6, 6.07) is 0.0116. The smallest absolute Gasteiger partial charge is 0.326 e. The van der Waals surface area contributed by atoms with Gasteiger partial charge in [0.1, 0.15) is 17.8 Å². The number of carbonyl (C=O) groups is 3. The Morgan fingerprint density at radius 3 is 2.30 bits per heavy atom. The number of carbonyl (C=O) groups excluding carboxylic acids is 1. The summed E-state index contributed by atoms with van der Waals surface area (Å²) in [6.45, 7) is 0.433. The number of hydrogen-bond acceptors (Lipinski definition) is 5. The van der Waals surface area contributed by atoms with Crippen molar-refractivity contribution in [2.75, 3.05) is 6.54 Å². The van der Waals surface area contributed by atoms with Crippen LogP contribution in [0, 0.1) is 0 Å². The van der Waals surface area contributed by atoms with Gasteiger partial charge in [0.2, 0.25) is 0 Å². The molecule has 2 amide bonds. The van der Waals surface area contributed by atoms with E-state index in [1.54, 1.807) is 12.1 Å². The Hall–Kier alpha value is -2.55. The number of nitrogens with one attached hydrogen (secondary N) is 2. The predicted molar refractivity (Wildman–Crippen MR) is 79.8 cm³/mol. The summed E-state index contributed by atoms with van der Waals surface area (Å²) in [5.74, 6) is -2.03. The van der Waals surface area contributed by atoms with Crippen LogP contribution in [0.1, 0.15) is 25.0 Å². The van der Waals surface area contributed by atoms with Crippen molar-refractivity contribution in [1.29, 1.82) is 0 Å². The number of furan rings is 1. The monoisotopic (exact) mass is 327 g/mol. The summed E-state index contributed by atoms with van der Waals surface area (Å²) in [5, 5.41) is 22.7. The Morgan fingerprint density at radius 1 is 1.13 bits per heavy atom. The molecule has 9 heteroatoms. The Morgan fingerprint density at radius 2 is 1.78 bits per heavy atom. The van der Waals surface area contributed by atoms with E-state index < -0.39 is 30.1 Å². The van der Waals surface area contributed by atoms with Crippen LogP contribution in [0.3, 0.4) is 0 Å². The third-order valence-corrected chi connectivity index (χ3v) is 3.14. The van der Waals surface area contributed by atoms with Gasteiger partial charge in [0.15, 0.2) is 0 Å². The molecular weight excluding hydrogens is 306 g/mol. The first-order valence-corrected chi connectivity index (χ1v) is 7.19. The van der Waals surface area contributed by atoms with Gasteiger partial charge in [-0.05, 0) is 37.9 Å². The second kappa shape index (κ2) is 9.46. The number of urea groups is 1. The highest BCUT2D eigenvalue weighted by Gasteiger charge is 2.25. The quantitative estimate of drug-likeness (QED) is 0.383. The number of nitrogens with two attached hydrogens (primary N) is 1. The Kier molecular flexibility index (Phi) is 7.61. The van der Waals surface area contributed by atoms with Gasteiger partial charge in [-0.2, -0.15) is 0 Å². The standard InChI is InChI=1S/C14H21N3O6/c15-6-2-1-5-10(12(18)19)16-14(22)17-11(13(20)21)8-9-4-3-7-23-9/h3-4,7,10-11H,1-2,5-6,8,15H2,(H,18,19)(H,20,21)(H2,16,17,22). The van der Waals surface area contributed by atoms with Gasteiger partial charge < -0.3 is 31.0 Å². The fourth-order valence-electron chi connectivity index (χ4n) is 1.94. The average Bonchev–Trinajstić information content (AvgIpc) is 2.98. The lowest BCUT2D eigenvalue weighted by atomic mass is 10.1. The summed E-state index contributed by atoms with van der Waals surface area (Å²) < 4.78 is 5.04. The minimum Gasteiger partial charge on any atom is -0.480 e. The summed E-state index contributed by atoms with van der Waals surface area (Å²) in [4.78, 5) is 34.1. The first kappa shape index (κ1) is 18.5. The molecule has 23 heavy (non-hydrogen) atoms. The van der Waals surface area contributed by atoms with E-state index in [4.69, 9.17) is 20.4 Å². The van der Waals surface area contributed by atoms with Gasteiger partial charge in [0.05, 0.1) is 6.26 Å². The van der Waals surface area contributed by atoms with E-state index in [9.17, 15) is 14.4 Å². The molecule has 0 fully saturated rings. The Balaban J connectivity index is 2.55. The zero-order valence-electron chi connectivity index (χ0n) is 12.5. The largest absolute Gasteiger partial charge is 0.480 e. The Bertz CT molecular complexity index is 517.